The fourth-order valence-corrected chi connectivity index (χ4v) is 3.10. The van der Waals surface area contributed by atoms with Crippen molar-refractivity contribution in [3.05, 3.63) is 34.3 Å². The molecule has 1 unspecified atom stereocenters. The minimum Gasteiger partial charge on any atom is -0.480 e. The minimum atomic E-state index is -4.42. The lowest BCUT2D eigenvalue weighted by Crippen LogP contribution is -2.49. The van der Waals surface area contributed by atoms with Crippen molar-refractivity contribution in [1.82, 2.24) is 5.32 Å². The molecule has 0 amide bonds. The summed E-state index contributed by atoms with van der Waals surface area (Å²) in [5.41, 5.74) is 4.20. The Bertz CT molecular complexity index is 672. The van der Waals surface area contributed by atoms with E-state index >= 15 is 0 Å². The number of nitrogens with two attached hydrogens (primary N) is 1. The standard InChI is InChI=1S/C18H27BClF3N2O4.2ClH/c20-15-6-5-14(18(21,22)23)12-13(15)4-3-10-25-11-8-17(24,16(26)27)7-1-2-9-19(28)29;;/h5-6,12,25,28-29H,1-4,7-11,24H2,(H,26,27);2*1H. The van der Waals surface area contributed by atoms with Gasteiger partial charge in [-0.25, -0.2) is 0 Å². The Labute approximate surface area is 197 Å². The second-order valence-corrected chi connectivity index (χ2v) is 7.50. The summed E-state index contributed by atoms with van der Waals surface area (Å²) < 4.78 is 38.3. The normalized spacial score (nSPS) is 13.0. The summed E-state index contributed by atoms with van der Waals surface area (Å²) in [4.78, 5) is 11.4. The van der Waals surface area contributed by atoms with Crippen molar-refractivity contribution in [3.8, 4) is 0 Å². The average Bonchev–Trinajstić information content (AvgIpc) is 2.61. The number of hydrogen-bond acceptors (Lipinski definition) is 5. The van der Waals surface area contributed by atoms with E-state index in [9.17, 15) is 23.1 Å². The van der Waals surface area contributed by atoms with Crippen LogP contribution < -0.4 is 11.1 Å². The molecule has 1 rings (SSSR count). The van der Waals surface area contributed by atoms with E-state index in [0.717, 1.165) is 12.1 Å². The molecule has 0 spiro atoms. The molecule has 1 aromatic carbocycles. The van der Waals surface area contributed by atoms with Crippen LogP contribution in [0.3, 0.4) is 0 Å². The molecule has 0 bridgehead atoms. The lowest BCUT2D eigenvalue weighted by atomic mass is 9.81. The van der Waals surface area contributed by atoms with Crippen LogP contribution in [0.2, 0.25) is 11.3 Å². The number of halogens is 6. The van der Waals surface area contributed by atoms with Crippen LogP contribution in [0.5, 0.6) is 0 Å². The third kappa shape index (κ3) is 12.2. The largest absolute Gasteiger partial charge is 0.480 e. The third-order valence-corrected chi connectivity index (χ3v) is 5.05. The SMILES string of the molecule is Cl.Cl.NC(CCCCB(O)O)(CCNCCCc1cc(C(F)(F)F)ccc1Cl)C(=O)O. The fourth-order valence-electron chi connectivity index (χ4n) is 2.89. The van der Waals surface area contributed by atoms with Crippen molar-refractivity contribution in [2.45, 2.75) is 56.6 Å². The molecule has 31 heavy (non-hydrogen) atoms. The van der Waals surface area contributed by atoms with Crippen LogP contribution in [0, 0.1) is 0 Å². The minimum absolute atomic E-state index is 0. The van der Waals surface area contributed by atoms with Gasteiger partial charge >= 0.3 is 19.3 Å². The van der Waals surface area contributed by atoms with Crippen LogP contribution in [0.15, 0.2) is 18.2 Å². The zero-order valence-corrected chi connectivity index (χ0v) is 19.2. The van der Waals surface area contributed by atoms with Gasteiger partial charge in [-0.3, -0.25) is 4.79 Å². The second-order valence-electron chi connectivity index (χ2n) is 7.10. The molecule has 1 atom stereocenters. The van der Waals surface area contributed by atoms with Crippen molar-refractivity contribution in [1.29, 1.82) is 0 Å². The highest BCUT2D eigenvalue weighted by Gasteiger charge is 2.33. The summed E-state index contributed by atoms with van der Waals surface area (Å²) >= 11 is 5.96. The number of nitrogens with one attached hydrogen (secondary N) is 1. The Kier molecular flexibility index (Phi) is 15.9. The molecule has 0 aliphatic carbocycles. The van der Waals surface area contributed by atoms with Crippen LogP contribution in [-0.4, -0.2) is 46.9 Å². The molecule has 1 aromatic rings. The zero-order valence-electron chi connectivity index (χ0n) is 16.8. The van der Waals surface area contributed by atoms with E-state index in [2.05, 4.69) is 5.32 Å². The van der Waals surface area contributed by atoms with Gasteiger partial charge in [0.05, 0.1) is 5.56 Å². The first-order valence-electron chi connectivity index (χ1n) is 9.40. The van der Waals surface area contributed by atoms with Crippen LogP contribution in [0.4, 0.5) is 13.2 Å². The van der Waals surface area contributed by atoms with Gasteiger partial charge in [0.25, 0.3) is 0 Å². The number of alkyl halides is 3. The number of aryl methyl sites for hydroxylation is 1. The van der Waals surface area contributed by atoms with Gasteiger partial charge < -0.3 is 26.2 Å². The Morgan fingerprint density at radius 2 is 1.74 bits per heavy atom. The van der Waals surface area contributed by atoms with Gasteiger partial charge in [-0.1, -0.05) is 24.4 Å². The number of carbonyl (C=O) groups is 1. The van der Waals surface area contributed by atoms with E-state index in [1.54, 1.807) is 0 Å². The molecule has 0 aliphatic heterocycles. The average molecular weight is 512 g/mol. The van der Waals surface area contributed by atoms with E-state index in [0.29, 0.717) is 44.3 Å². The predicted octanol–water partition coefficient (Wildman–Crippen LogP) is 3.54. The van der Waals surface area contributed by atoms with Gasteiger partial charge in [-0.15, -0.1) is 24.8 Å². The van der Waals surface area contributed by atoms with Gasteiger partial charge in [0, 0.05) is 5.02 Å². The van der Waals surface area contributed by atoms with Crippen LogP contribution in [0.1, 0.15) is 43.2 Å². The summed E-state index contributed by atoms with van der Waals surface area (Å²) in [5, 5.41) is 30.3. The number of carboxylic acids is 1. The maximum Gasteiger partial charge on any atom is 0.451 e. The Balaban J connectivity index is 0. The van der Waals surface area contributed by atoms with Crippen molar-refractivity contribution in [2.24, 2.45) is 5.73 Å². The molecule has 13 heteroatoms. The third-order valence-electron chi connectivity index (χ3n) is 4.68. The fraction of sp³-hybridized carbons (Fsp3) is 0.611. The smallest absolute Gasteiger partial charge is 0.451 e. The summed E-state index contributed by atoms with van der Waals surface area (Å²) in [6.07, 6.45) is -2.10. The van der Waals surface area contributed by atoms with E-state index in [4.69, 9.17) is 27.4 Å². The summed E-state index contributed by atoms with van der Waals surface area (Å²) in [5.74, 6) is -1.13. The monoisotopic (exact) mass is 510 g/mol. The quantitative estimate of drug-likeness (QED) is 0.204. The van der Waals surface area contributed by atoms with E-state index in [1.807, 2.05) is 0 Å². The molecule has 180 valence electrons. The molecular weight excluding hydrogens is 482 g/mol. The van der Waals surface area contributed by atoms with Crippen LogP contribution in [-0.2, 0) is 17.4 Å². The highest BCUT2D eigenvalue weighted by Crippen LogP contribution is 2.32. The van der Waals surface area contributed by atoms with Gasteiger partial charge in [-0.2, -0.15) is 13.2 Å². The number of benzene rings is 1. The Morgan fingerprint density at radius 3 is 2.29 bits per heavy atom. The first-order chi connectivity index (χ1) is 13.5. The molecule has 0 aromatic heterocycles. The molecule has 0 fully saturated rings. The van der Waals surface area contributed by atoms with Gasteiger partial charge in [-0.05, 0) is 68.9 Å². The topological polar surface area (TPSA) is 116 Å². The first kappa shape index (κ1) is 32.4. The molecular formula is C18H29BCl3F3N2O4. The predicted molar refractivity (Wildman–Crippen MR) is 120 cm³/mol. The molecule has 6 nitrogen and oxygen atoms in total. The maximum absolute atomic E-state index is 12.8. The van der Waals surface area contributed by atoms with Crippen molar-refractivity contribution >= 4 is 49.5 Å². The summed E-state index contributed by atoms with van der Waals surface area (Å²) in [6, 6.07) is 3.22. The van der Waals surface area contributed by atoms with Gasteiger partial charge in [0.15, 0.2) is 0 Å². The zero-order chi connectivity index (χ0) is 22.1. The van der Waals surface area contributed by atoms with Crippen LogP contribution in [0.25, 0.3) is 0 Å². The van der Waals surface area contributed by atoms with Gasteiger partial charge in [0.2, 0.25) is 0 Å². The summed E-state index contributed by atoms with van der Waals surface area (Å²) in [7, 11) is -1.42. The summed E-state index contributed by atoms with van der Waals surface area (Å²) in [6.45, 7) is 0.806. The number of aliphatic carboxylic acids is 1. The lowest BCUT2D eigenvalue weighted by Gasteiger charge is -2.25. The molecule has 0 radical (unpaired) electrons. The Morgan fingerprint density at radius 1 is 1.10 bits per heavy atom. The second kappa shape index (κ2) is 15.2. The maximum atomic E-state index is 12.8. The number of carboxylic acid groups (broad SMARTS) is 1. The van der Waals surface area contributed by atoms with E-state index in [1.165, 1.54) is 6.07 Å². The van der Waals surface area contributed by atoms with Crippen molar-refractivity contribution in [3.63, 3.8) is 0 Å². The first-order valence-corrected chi connectivity index (χ1v) is 9.78. The van der Waals surface area contributed by atoms with E-state index < -0.39 is 30.4 Å². The molecule has 0 heterocycles. The molecule has 0 saturated carbocycles. The van der Waals surface area contributed by atoms with Crippen molar-refractivity contribution in [2.75, 3.05) is 13.1 Å². The molecule has 0 saturated heterocycles. The molecule has 6 N–H and O–H groups in total. The van der Waals surface area contributed by atoms with Crippen LogP contribution >= 0.6 is 36.4 Å². The van der Waals surface area contributed by atoms with E-state index in [-0.39, 0.29) is 49.0 Å². The lowest BCUT2D eigenvalue weighted by molar-refractivity contribution is -0.144. The van der Waals surface area contributed by atoms with Crippen molar-refractivity contribution < 1.29 is 33.1 Å². The highest BCUT2D eigenvalue weighted by molar-refractivity contribution is 6.40. The number of unbranched alkanes of at least 4 members (excludes halogenated alkanes) is 1. The Hall–Kier alpha value is -0.745. The highest BCUT2D eigenvalue weighted by atomic mass is 35.5. The number of hydrogen-bond donors (Lipinski definition) is 5. The number of rotatable bonds is 13. The molecule has 0 aliphatic rings. The van der Waals surface area contributed by atoms with Gasteiger partial charge in [0.1, 0.15) is 5.54 Å².